The van der Waals surface area contributed by atoms with E-state index >= 15 is 0 Å². The molecular formula is C15H20N4O. The predicted octanol–water partition coefficient (Wildman–Crippen LogP) is 1.65. The summed E-state index contributed by atoms with van der Waals surface area (Å²) >= 11 is 0. The second kappa shape index (κ2) is 7.19. The highest BCUT2D eigenvalue weighted by Crippen LogP contribution is 2.24. The van der Waals surface area contributed by atoms with E-state index in [0.717, 1.165) is 23.2 Å². The highest BCUT2D eigenvalue weighted by Gasteiger charge is 2.16. The number of benzene rings is 1. The van der Waals surface area contributed by atoms with Crippen molar-refractivity contribution in [3.63, 3.8) is 0 Å². The normalized spacial score (nSPS) is 10.8. The molecule has 106 valence electrons. The van der Waals surface area contributed by atoms with Crippen LogP contribution in [-0.4, -0.2) is 25.6 Å². The molecule has 0 radical (unpaired) electrons. The Morgan fingerprint density at radius 2 is 2.25 bits per heavy atom. The molecule has 0 aliphatic rings. The number of aliphatic imine (C=N–C) groups is 1. The van der Waals surface area contributed by atoms with E-state index in [2.05, 4.69) is 16.2 Å². The van der Waals surface area contributed by atoms with Crippen molar-refractivity contribution in [1.29, 1.82) is 0 Å². The maximum Gasteiger partial charge on any atom is 0.328 e. The van der Waals surface area contributed by atoms with Crippen LogP contribution in [0.2, 0.25) is 0 Å². The maximum atomic E-state index is 12.1. The molecule has 0 unspecified atom stereocenters. The molecule has 1 rings (SSSR count). The maximum absolute atomic E-state index is 12.1. The number of rotatable bonds is 3. The lowest BCUT2D eigenvalue weighted by molar-refractivity contribution is 0.251. The third-order valence-corrected chi connectivity index (χ3v) is 2.92. The second-order valence-corrected chi connectivity index (χ2v) is 4.33. The summed E-state index contributed by atoms with van der Waals surface area (Å²) in [6, 6.07) is 5.61. The Labute approximate surface area is 119 Å². The molecule has 0 spiro atoms. The van der Waals surface area contributed by atoms with Gasteiger partial charge in [-0.1, -0.05) is 31.0 Å². The number of carbonyl (C=O) groups excluding carboxylic acids is 1. The quantitative estimate of drug-likeness (QED) is 0.499. The van der Waals surface area contributed by atoms with Crippen molar-refractivity contribution >= 4 is 17.7 Å². The lowest BCUT2D eigenvalue weighted by atomic mass is 10.1. The van der Waals surface area contributed by atoms with Crippen LogP contribution >= 0.6 is 0 Å². The number of guanidine groups is 1. The fourth-order valence-electron chi connectivity index (χ4n) is 1.95. The SMILES string of the molecule is C#CCN=C(N)NC(=O)N(C)c1c(C)cccc1CC. The van der Waals surface area contributed by atoms with Gasteiger partial charge < -0.3 is 5.73 Å². The summed E-state index contributed by atoms with van der Waals surface area (Å²) < 4.78 is 0. The Kier molecular flexibility index (Phi) is 5.60. The van der Waals surface area contributed by atoms with E-state index < -0.39 is 0 Å². The van der Waals surface area contributed by atoms with Crippen molar-refractivity contribution in [2.45, 2.75) is 20.3 Å². The fraction of sp³-hybridized carbons (Fsp3) is 0.333. The molecule has 1 aromatic rings. The zero-order valence-electron chi connectivity index (χ0n) is 12.1. The molecule has 0 fully saturated rings. The number of terminal acetylenes is 1. The molecule has 1 aromatic carbocycles. The van der Waals surface area contributed by atoms with Crippen LogP contribution < -0.4 is 16.0 Å². The van der Waals surface area contributed by atoms with Gasteiger partial charge in [0.1, 0.15) is 6.54 Å². The highest BCUT2D eigenvalue weighted by molar-refractivity contribution is 6.03. The number of nitrogens with zero attached hydrogens (tertiary/aromatic N) is 2. The van der Waals surface area contributed by atoms with Crippen molar-refractivity contribution in [2.24, 2.45) is 10.7 Å². The van der Waals surface area contributed by atoms with E-state index in [1.54, 1.807) is 7.05 Å². The molecule has 0 bridgehead atoms. The molecule has 0 atom stereocenters. The summed E-state index contributed by atoms with van der Waals surface area (Å²) in [5, 5.41) is 2.51. The summed E-state index contributed by atoms with van der Waals surface area (Å²) in [5.41, 5.74) is 8.60. The number of hydrogen-bond acceptors (Lipinski definition) is 2. The highest BCUT2D eigenvalue weighted by atomic mass is 16.2. The van der Waals surface area contributed by atoms with E-state index in [9.17, 15) is 4.79 Å². The van der Waals surface area contributed by atoms with Crippen LogP contribution in [0.4, 0.5) is 10.5 Å². The molecule has 0 heterocycles. The average Bonchev–Trinajstić information content (AvgIpc) is 2.43. The van der Waals surface area contributed by atoms with Gasteiger partial charge in [-0.2, -0.15) is 0 Å². The summed E-state index contributed by atoms with van der Waals surface area (Å²) in [4.78, 5) is 17.5. The van der Waals surface area contributed by atoms with Crippen molar-refractivity contribution < 1.29 is 4.79 Å². The minimum absolute atomic E-state index is 0.0198. The lowest BCUT2D eigenvalue weighted by Crippen LogP contribution is -2.45. The summed E-state index contributed by atoms with van der Waals surface area (Å²) in [7, 11) is 1.70. The molecule has 0 aliphatic heterocycles. The zero-order chi connectivity index (χ0) is 15.1. The first-order valence-corrected chi connectivity index (χ1v) is 6.37. The van der Waals surface area contributed by atoms with Gasteiger partial charge >= 0.3 is 6.03 Å². The molecule has 20 heavy (non-hydrogen) atoms. The second-order valence-electron chi connectivity index (χ2n) is 4.33. The van der Waals surface area contributed by atoms with Gasteiger partial charge in [-0.15, -0.1) is 6.42 Å². The first-order chi connectivity index (χ1) is 9.51. The number of nitrogens with two attached hydrogens (primary N) is 1. The molecular weight excluding hydrogens is 252 g/mol. The minimum atomic E-state index is -0.340. The largest absolute Gasteiger partial charge is 0.370 e. The van der Waals surface area contributed by atoms with Crippen molar-refractivity contribution in [3.05, 3.63) is 29.3 Å². The van der Waals surface area contributed by atoms with Gasteiger partial charge in [0.2, 0.25) is 0 Å². The minimum Gasteiger partial charge on any atom is -0.370 e. The predicted molar refractivity (Wildman–Crippen MR) is 82.8 cm³/mol. The Bertz CT molecular complexity index is 557. The number of hydrogen-bond donors (Lipinski definition) is 2. The molecule has 0 saturated carbocycles. The van der Waals surface area contributed by atoms with Gasteiger partial charge in [-0.3, -0.25) is 10.2 Å². The molecule has 0 aliphatic carbocycles. The van der Waals surface area contributed by atoms with Crippen LogP contribution in [-0.2, 0) is 6.42 Å². The zero-order valence-corrected chi connectivity index (χ0v) is 12.1. The number of carbonyl (C=O) groups is 1. The summed E-state index contributed by atoms with van der Waals surface area (Å²) in [5.74, 6) is 2.35. The Morgan fingerprint density at radius 1 is 1.55 bits per heavy atom. The third kappa shape index (κ3) is 3.75. The van der Waals surface area contributed by atoms with Crippen LogP contribution in [0.1, 0.15) is 18.1 Å². The van der Waals surface area contributed by atoms with Crippen LogP contribution in [0.15, 0.2) is 23.2 Å². The van der Waals surface area contributed by atoms with Crippen molar-refractivity contribution in [2.75, 3.05) is 18.5 Å². The number of anilines is 1. The Hall–Kier alpha value is -2.48. The van der Waals surface area contributed by atoms with Crippen LogP contribution in [0.25, 0.3) is 0 Å². The van der Waals surface area contributed by atoms with E-state index in [1.165, 1.54) is 4.90 Å². The third-order valence-electron chi connectivity index (χ3n) is 2.92. The molecule has 3 N–H and O–H groups in total. The standard InChI is InChI=1S/C15H20N4O/c1-5-10-17-14(16)18-15(20)19(4)13-11(3)8-7-9-12(13)6-2/h1,7-9H,6,10H2,2-4H3,(H3,16,17,18,20). The summed E-state index contributed by atoms with van der Waals surface area (Å²) in [6.07, 6.45) is 5.92. The number of aryl methyl sites for hydroxylation is 2. The van der Waals surface area contributed by atoms with Gasteiger partial charge in [-0.25, -0.2) is 9.79 Å². The average molecular weight is 272 g/mol. The van der Waals surface area contributed by atoms with Gasteiger partial charge in [0.25, 0.3) is 0 Å². The van der Waals surface area contributed by atoms with Gasteiger partial charge in [0.05, 0.1) is 5.69 Å². The smallest absolute Gasteiger partial charge is 0.328 e. The molecule has 0 aromatic heterocycles. The first-order valence-electron chi connectivity index (χ1n) is 6.37. The number of amides is 2. The summed E-state index contributed by atoms with van der Waals surface area (Å²) in [6.45, 7) is 4.15. The topological polar surface area (TPSA) is 70.7 Å². The van der Waals surface area contributed by atoms with Gasteiger partial charge in [-0.05, 0) is 24.5 Å². The molecule has 0 saturated heterocycles. The van der Waals surface area contributed by atoms with E-state index in [-0.39, 0.29) is 18.5 Å². The van der Waals surface area contributed by atoms with E-state index in [4.69, 9.17) is 12.2 Å². The van der Waals surface area contributed by atoms with Crippen LogP contribution in [0.5, 0.6) is 0 Å². The lowest BCUT2D eigenvalue weighted by Gasteiger charge is -2.22. The van der Waals surface area contributed by atoms with E-state index in [1.807, 2.05) is 32.0 Å². The van der Waals surface area contributed by atoms with Crippen LogP contribution in [0.3, 0.4) is 0 Å². The Morgan fingerprint density at radius 3 is 2.85 bits per heavy atom. The monoisotopic (exact) mass is 272 g/mol. The molecule has 5 nitrogen and oxygen atoms in total. The Balaban J connectivity index is 2.93. The van der Waals surface area contributed by atoms with E-state index in [0.29, 0.717) is 0 Å². The van der Waals surface area contributed by atoms with Crippen molar-refractivity contribution in [3.8, 4) is 12.3 Å². The van der Waals surface area contributed by atoms with Gasteiger partial charge in [0.15, 0.2) is 5.96 Å². The first kappa shape index (κ1) is 15.6. The van der Waals surface area contributed by atoms with Crippen LogP contribution in [0, 0.1) is 19.3 Å². The molecule has 5 heteroatoms. The van der Waals surface area contributed by atoms with Crippen molar-refractivity contribution in [1.82, 2.24) is 5.32 Å². The number of urea groups is 1. The number of nitrogens with one attached hydrogen (secondary N) is 1. The fourth-order valence-corrected chi connectivity index (χ4v) is 1.95. The van der Waals surface area contributed by atoms with Gasteiger partial charge in [0, 0.05) is 7.05 Å². The molecule has 2 amide bonds. The number of para-hydroxylation sites is 1.